The van der Waals surface area contributed by atoms with Gasteiger partial charge >= 0.3 is 0 Å². The highest BCUT2D eigenvalue weighted by molar-refractivity contribution is 6.26. The minimum absolute atomic E-state index is 0.553. The van der Waals surface area contributed by atoms with E-state index in [1.807, 2.05) is 18.2 Å². The van der Waals surface area contributed by atoms with Gasteiger partial charge in [-0.2, -0.15) is 9.97 Å². The molecule has 0 bridgehead atoms. The van der Waals surface area contributed by atoms with Crippen molar-refractivity contribution in [3.63, 3.8) is 0 Å². The number of fused-ring (bicyclic) bond motifs is 12. The number of hydrogen-bond acceptors (Lipinski definition) is 4. The Morgan fingerprint density at radius 1 is 0.393 bits per heavy atom. The first-order valence-electron chi connectivity index (χ1n) is 18.9. The van der Waals surface area contributed by atoms with Crippen LogP contribution in [0.3, 0.4) is 0 Å². The van der Waals surface area contributed by atoms with Crippen LogP contribution < -0.4 is 0 Å². The maximum Gasteiger partial charge on any atom is 0.238 e. The average molecular weight is 715 g/mol. The summed E-state index contributed by atoms with van der Waals surface area (Å²) < 4.78 is 8.88. The van der Waals surface area contributed by atoms with Gasteiger partial charge in [0.15, 0.2) is 11.6 Å². The van der Waals surface area contributed by atoms with Crippen LogP contribution in [0.2, 0.25) is 0 Å². The second-order valence-electron chi connectivity index (χ2n) is 14.4. The van der Waals surface area contributed by atoms with E-state index in [-0.39, 0.29) is 0 Å². The fraction of sp³-hybridized carbons (Fsp3) is 0. The Morgan fingerprint density at radius 3 is 1.86 bits per heavy atom. The fourth-order valence-corrected chi connectivity index (χ4v) is 8.68. The molecule has 0 N–H and O–H groups in total. The number of furan rings is 1. The predicted molar refractivity (Wildman–Crippen MR) is 230 cm³/mol. The standard InChI is InChI=1S/C51H30N4O/c1-2-12-31(13-3-1)35-17-10-18-36(30-35)49-52-50(42-22-11-23-44-46(42)41-28-25-34-16-6-9-21-39(34)48(41)56-44)54-51(53-49)55-43-29-26-32-14-4-7-19-37(32)45(43)40-27-24-33-15-5-8-20-38(33)47(40)55/h1-30H. The molecule has 12 rings (SSSR count). The molecule has 0 saturated heterocycles. The monoisotopic (exact) mass is 714 g/mol. The van der Waals surface area contributed by atoms with E-state index in [2.05, 4.69) is 168 Å². The van der Waals surface area contributed by atoms with Crippen molar-refractivity contribution in [1.82, 2.24) is 19.5 Å². The summed E-state index contributed by atoms with van der Waals surface area (Å²) in [6.45, 7) is 0. The van der Waals surface area contributed by atoms with E-state index >= 15 is 0 Å². The lowest BCUT2D eigenvalue weighted by molar-refractivity contribution is 0.672. The molecule has 3 heterocycles. The van der Waals surface area contributed by atoms with Crippen molar-refractivity contribution in [3.05, 3.63) is 182 Å². The molecule has 9 aromatic carbocycles. The van der Waals surface area contributed by atoms with Gasteiger partial charge in [0.1, 0.15) is 11.2 Å². The van der Waals surface area contributed by atoms with Crippen LogP contribution in [0, 0.1) is 0 Å². The first-order valence-corrected chi connectivity index (χ1v) is 18.9. The zero-order valence-electron chi connectivity index (χ0n) is 30.0. The molecule has 0 amide bonds. The van der Waals surface area contributed by atoms with Crippen molar-refractivity contribution in [1.29, 1.82) is 0 Å². The van der Waals surface area contributed by atoms with Crippen LogP contribution in [0.1, 0.15) is 0 Å². The Morgan fingerprint density at radius 2 is 1.02 bits per heavy atom. The van der Waals surface area contributed by atoms with Crippen molar-refractivity contribution in [2.75, 3.05) is 0 Å². The predicted octanol–water partition coefficient (Wildman–Crippen LogP) is 13.3. The average Bonchev–Trinajstić information content (AvgIpc) is 3.84. The molecule has 0 aliphatic heterocycles. The van der Waals surface area contributed by atoms with Crippen LogP contribution >= 0.6 is 0 Å². The van der Waals surface area contributed by atoms with E-state index in [1.54, 1.807) is 0 Å². The van der Waals surface area contributed by atoms with Gasteiger partial charge in [0.2, 0.25) is 5.95 Å². The van der Waals surface area contributed by atoms with Crippen LogP contribution in [0.4, 0.5) is 0 Å². The summed E-state index contributed by atoms with van der Waals surface area (Å²) in [5.41, 5.74) is 7.76. The van der Waals surface area contributed by atoms with Gasteiger partial charge in [-0.3, -0.25) is 4.57 Å². The smallest absolute Gasteiger partial charge is 0.238 e. The van der Waals surface area contributed by atoms with Crippen molar-refractivity contribution in [3.8, 4) is 39.9 Å². The summed E-state index contributed by atoms with van der Waals surface area (Å²) in [6.07, 6.45) is 0. The third-order valence-corrected chi connectivity index (χ3v) is 11.2. The van der Waals surface area contributed by atoms with Gasteiger partial charge in [-0.15, -0.1) is 0 Å². The topological polar surface area (TPSA) is 56.7 Å². The van der Waals surface area contributed by atoms with E-state index in [1.165, 1.54) is 16.2 Å². The second kappa shape index (κ2) is 11.9. The third kappa shape index (κ3) is 4.58. The van der Waals surface area contributed by atoms with Crippen LogP contribution in [-0.4, -0.2) is 19.5 Å². The van der Waals surface area contributed by atoms with Crippen LogP contribution in [-0.2, 0) is 0 Å². The summed E-state index contributed by atoms with van der Waals surface area (Å²) >= 11 is 0. The van der Waals surface area contributed by atoms with Crippen molar-refractivity contribution < 1.29 is 4.42 Å². The fourth-order valence-electron chi connectivity index (χ4n) is 8.68. The Kier molecular flexibility index (Phi) is 6.56. The van der Waals surface area contributed by atoms with E-state index in [4.69, 9.17) is 19.4 Å². The van der Waals surface area contributed by atoms with Crippen molar-refractivity contribution in [2.24, 2.45) is 0 Å². The molecule has 5 nitrogen and oxygen atoms in total. The highest BCUT2D eigenvalue weighted by atomic mass is 16.3. The quantitative estimate of drug-likeness (QED) is 0.182. The molecule has 5 heteroatoms. The Labute approximate surface area is 320 Å². The number of rotatable bonds is 4. The summed E-state index contributed by atoms with van der Waals surface area (Å²) in [7, 11) is 0. The molecule has 0 unspecified atom stereocenters. The highest BCUT2D eigenvalue weighted by Crippen LogP contribution is 2.42. The number of hydrogen-bond donors (Lipinski definition) is 0. The zero-order chi connectivity index (χ0) is 36.7. The van der Waals surface area contributed by atoms with Crippen LogP contribution in [0.15, 0.2) is 186 Å². The molecule has 0 spiro atoms. The number of aromatic nitrogens is 4. The van der Waals surface area contributed by atoms with Gasteiger partial charge in [-0.25, -0.2) is 4.98 Å². The Hall–Kier alpha value is -7.63. The third-order valence-electron chi connectivity index (χ3n) is 11.2. The summed E-state index contributed by atoms with van der Waals surface area (Å²) in [5.74, 6) is 1.72. The molecule has 0 radical (unpaired) electrons. The summed E-state index contributed by atoms with van der Waals surface area (Å²) in [5, 5.41) is 11.2. The van der Waals surface area contributed by atoms with Gasteiger partial charge in [0.05, 0.1) is 11.0 Å². The zero-order valence-corrected chi connectivity index (χ0v) is 30.0. The molecule has 0 aliphatic carbocycles. The largest absolute Gasteiger partial charge is 0.455 e. The molecule has 56 heavy (non-hydrogen) atoms. The molecule has 0 aliphatic rings. The second-order valence-corrected chi connectivity index (χ2v) is 14.4. The minimum Gasteiger partial charge on any atom is -0.455 e. The van der Waals surface area contributed by atoms with Gasteiger partial charge in [0, 0.05) is 43.4 Å². The Bertz CT molecular complexity index is 3540. The lowest BCUT2D eigenvalue weighted by atomic mass is 10.0. The van der Waals surface area contributed by atoms with E-state index in [0.29, 0.717) is 17.6 Å². The van der Waals surface area contributed by atoms with E-state index < -0.39 is 0 Å². The van der Waals surface area contributed by atoms with Crippen molar-refractivity contribution >= 4 is 76.1 Å². The maximum atomic E-state index is 6.64. The lowest BCUT2D eigenvalue weighted by Crippen LogP contribution is -2.07. The molecule has 0 atom stereocenters. The molecule has 0 fully saturated rings. The van der Waals surface area contributed by atoms with Crippen LogP contribution in [0.25, 0.3) is 116 Å². The Balaban J connectivity index is 1.20. The van der Waals surface area contributed by atoms with Gasteiger partial charge in [-0.1, -0.05) is 158 Å². The number of benzene rings is 9. The lowest BCUT2D eigenvalue weighted by Gasteiger charge is -2.13. The van der Waals surface area contributed by atoms with Gasteiger partial charge in [-0.05, 0) is 56.9 Å². The molecule has 0 saturated carbocycles. The number of nitrogens with zero attached hydrogens (tertiary/aromatic N) is 4. The highest BCUT2D eigenvalue weighted by Gasteiger charge is 2.23. The molecular formula is C51H30N4O. The first-order chi connectivity index (χ1) is 27.8. The normalized spacial score (nSPS) is 11.9. The first kappa shape index (κ1) is 30.8. The SMILES string of the molecule is c1ccc(-c2cccc(-c3nc(-c4cccc5oc6c7ccccc7ccc6c45)nc(-n4c5ccc6ccccc6c5c5ccc6ccccc6c54)n3)c2)cc1. The minimum atomic E-state index is 0.553. The summed E-state index contributed by atoms with van der Waals surface area (Å²) in [4.78, 5) is 16.1. The van der Waals surface area contributed by atoms with Gasteiger partial charge < -0.3 is 4.42 Å². The van der Waals surface area contributed by atoms with E-state index in [0.717, 1.165) is 82.2 Å². The maximum absolute atomic E-state index is 6.64. The molecule has 12 aromatic rings. The molecule has 260 valence electrons. The summed E-state index contributed by atoms with van der Waals surface area (Å²) in [6, 6.07) is 63.8. The van der Waals surface area contributed by atoms with E-state index in [9.17, 15) is 0 Å². The van der Waals surface area contributed by atoms with Crippen molar-refractivity contribution in [2.45, 2.75) is 0 Å². The van der Waals surface area contributed by atoms with Gasteiger partial charge in [0.25, 0.3) is 0 Å². The molecular weight excluding hydrogens is 685 g/mol. The molecule has 3 aromatic heterocycles. The van der Waals surface area contributed by atoms with Crippen LogP contribution in [0.5, 0.6) is 0 Å².